The summed E-state index contributed by atoms with van der Waals surface area (Å²) in [5.41, 5.74) is 0. The van der Waals surface area contributed by atoms with Gasteiger partial charge >= 0.3 is 0 Å². The minimum Gasteiger partial charge on any atom is -0.333 e. The van der Waals surface area contributed by atoms with E-state index in [1.54, 1.807) is 0 Å². The normalized spacial score (nSPS) is 9.07. The Kier molecular flexibility index (Phi) is 5.29. The van der Waals surface area contributed by atoms with Gasteiger partial charge in [0.1, 0.15) is 0 Å². The number of nitro groups is 2. The Morgan fingerprint density at radius 3 is 1.53 bits per heavy atom. The van der Waals surface area contributed by atoms with E-state index < -0.39 is 34.8 Å². The molecule has 0 bridgehead atoms. The Morgan fingerprint density at radius 2 is 1.27 bits per heavy atom. The van der Waals surface area contributed by atoms with E-state index in [0.29, 0.717) is 0 Å². The second-order valence-electron chi connectivity index (χ2n) is 2.36. The Labute approximate surface area is 82.9 Å². The van der Waals surface area contributed by atoms with Gasteiger partial charge in [0.05, 0.1) is 6.67 Å². The second kappa shape index (κ2) is 6.23. The third kappa shape index (κ3) is 8.08. The largest absolute Gasteiger partial charge is 0.333 e. The molecule has 10 nitrogen and oxygen atoms in total. The van der Waals surface area contributed by atoms with E-state index in [1.807, 2.05) is 10.6 Å². The topological polar surface area (TPSA) is 144 Å². The molecular weight excluding hydrogens is 212 g/mol. The van der Waals surface area contributed by atoms with Gasteiger partial charge in [-0.2, -0.15) is 0 Å². The second-order valence-corrected chi connectivity index (χ2v) is 2.36. The van der Waals surface area contributed by atoms with Crippen molar-refractivity contribution >= 4 is 11.8 Å². The fourth-order valence-corrected chi connectivity index (χ4v) is 0.588. The van der Waals surface area contributed by atoms with Gasteiger partial charge in [0.25, 0.3) is 24.9 Å². The fourth-order valence-electron chi connectivity index (χ4n) is 0.588. The molecule has 0 spiro atoms. The first-order valence-corrected chi connectivity index (χ1v) is 3.69. The molecular formula is C5H8N4O6. The Morgan fingerprint density at radius 1 is 0.933 bits per heavy atom. The van der Waals surface area contributed by atoms with Crippen LogP contribution >= 0.6 is 0 Å². The van der Waals surface area contributed by atoms with E-state index >= 15 is 0 Å². The summed E-state index contributed by atoms with van der Waals surface area (Å²) in [5, 5.41) is 23.6. The average molecular weight is 220 g/mol. The molecule has 0 heterocycles. The van der Waals surface area contributed by atoms with E-state index in [9.17, 15) is 29.8 Å². The van der Waals surface area contributed by atoms with Gasteiger partial charge in [-0.3, -0.25) is 29.8 Å². The van der Waals surface area contributed by atoms with Gasteiger partial charge in [0.15, 0.2) is 0 Å². The molecule has 0 aliphatic carbocycles. The third-order valence-electron chi connectivity index (χ3n) is 1.12. The minimum absolute atomic E-state index is 0.376. The summed E-state index contributed by atoms with van der Waals surface area (Å²) in [5.74, 6) is -1.78. The predicted molar refractivity (Wildman–Crippen MR) is 44.9 cm³/mol. The SMILES string of the molecule is O=C(C[N+](=O)[O-])NCNC(=O)C[N+](=O)[O-]. The summed E-state index contributed by atoms with van der Waals surface area (Å²) >= 11 is 0. The summed E-state index contributed by atoms with van der Waals surface area (Å²) in [6.45, 7) is -2.20. The number of hydrogen-bond donors (Lipinski definition) is 2. The van der Waals surface area contributed by atoms with Crippen LogP contribution < -0.4 is 10.6 Å². The number of amides is 2. The monoisotopic (exact) mass is 220 g/mol. The van der Waals surface area contributed by atoms with Crippen LogP contribution in [0.25, 0.3) is 0 Å². The van der Waals surface area contributed by atoms with Gasteiger partial charge in [-0.05, 0) is 0 Å². The lowest BCUT2D eigenvalue weighted by atomic mass is 10.6. The van der Waals surface area contributed by atoms with E-state index in [1.165, 1.54) is 0 Å². The van der Waals surface area contributed by atoms with Crippen molar-refractivity contribution in [2.45, 2.75) is 0 Å². The molecule has 0 aliphatic heterocycles. The van der Waals surface area contributed by atoms with Gasteiger partial charge < -0.3 is 10.6 Å². The van der Waals surface area contributed by atoms with E-state index in [0.717, 1.165) is 0 Å². The fraction of sp³-hybridized carbons (Fsp3) is 0.600. The molecule has 0 aromatic rings. The summed E-state index contributed by atoms with van der Waals surface area (Å²) in [6, 6.07) is 0. The van der Waals surface area contributed by atoms with Crippen molar-refractivity contribution in [2.75, 3.05) is 19.8 Å². The molecule has 0 saturated heterocycles. The van der Waals surface area contributed by atoms with E-state index in [4.69, 9.17) is 0 Å². The summed E-state index contributed by atoms with van der Waals surface area (Å²) < 4.78 is 0. The van der Waals surface area contributed by atoms with Crippen molar-refractivity contribution in [2.24, 2.45) is 0 Å². The van der Waals surface area contributed by atoms with Gasteiger partial charge in [-0.15, -0.1) is 0 Å². The number of hydrogen-bond acceptors (Lipinski definition) is 6. The highest BCUT2D eigenvalue weighted by atomic mass is 16.6. The smallest absolute Gasteiger partial charge is 0.293 e. The van der Waals surface area contributed by atoms with Crippen molar-refractivity contribution in [3.8, 4) is 0 Å². The van der Waals surface area contributed by atoms with Crippen LogP contribution in [0.4, 0.5) is 0 Å². The molecule has 84 valence electrons. The molecule has 0 saturated carbocycles. The van der Waals surface area contributed by atoms with Gasteiger partial charge in [0, 0.05) is 9.85 Å². The third-order valence-corrected chi connectivity index (χ3v) is 1.12. The molecule has 0 aromatic heterocycles. The number of nitrogens with one attached hydrogen (secondary N) is 2. The van der Waals surface area contributed by atoms with E-state index in [-0.39, 0.29) is 6.67 Å². The van der Waals surface area contributed by atoms with E-state index in [2.05, 4.69) is 0 Å². The molecule has 10 heteroatoms. The minimum atomic E-state index is -0.912. The summed E-state index contributed by atoms with van der Waals surface area (Å²) in [4.78, 5) is 39.2. The van der Waals surface area contributed by atoms with Crippen LogP contribution in [-0.4, -0.2) is 41.4 Å². The highest BCUT2D eigenvalue weighted by molar-refractivity contribution is 5.79. The van der Waals surface area contributed by atoms with Crippen LogP contribution in [0.15, 0.2) is 0 Å². The maximum Gasteiger partial charge on any atom is 0.293 e. The van der Waals surface area contributed by atoms with Crippen LogP contribution in [0.1, 0.15) is 0 Å². The molecule has 0 unspecified atom stereocenters. The quantitative estimate of drug-likeness (QED) is 0.293. The Hall–Kier alpha value is -2.26. The zero-order valence-electron chi connectivity index (χ0n) is 7.47. The van der Waals surface area contributed by atoms with Crippen LogP contribution in [0.3, 0.4) is 0 Å². The molecule has 2 N–H and O–H groups in total. The Bertz CT molecular complexity index is 261. The van der Waals surface area contributed by atoms with Crippen LogP contribution in [0.5, 0.6) is 0 Å². The number of carbonyl (C=O) groups is 2. The molecule has 2 amide bonds. The lowest BCUT2D eigenvalue weighted by Gasteiger charge is -2.02. The first kappa shape index (κ1) is 12.7. The lowest BCUT2D eigenvalue weighted by molar-refractivity contribution is -0.468. The van der Waals surface area contributed by atoms with Gasteiger partial charge in [-0.25, -0.2) is 0 Å². The molecule has 0 rings (SSSR count). The predicted octanol–water partition coefficient (Wildman–Crippen LogP) is -2.27. The summed E-state index contributed by atoms with van der Waals surface area (Å²) in [6.07, 6.45) is 0. The molecule has 0 fully saturated rings. The zero-order valence-corrected chi connectivity index (χ0v) is 7.47. The molecule has 0 radical (unpaired) electrons. The van der Waals surface area contributed by atoms with Crippen molar-refractivity contribution in [3.63, 3.8) is 0 Å². The average Bonchev–Trinajstić information content (AvgIpc) is 2.00. The standard InChI is InChI=1S/C5H8N4O6/c10-4(1-8(12)13)6-3-7-5(11)2-9(14)15/h1-3H2,(H,6,10)(H,7,11). The van der Waals surface area contributed by atoms with Crippen LogP contribution in [-0.2, 0) is 9.59 Å². The van der Waals surface area contributed by atoms with Gasteiger partial charge in [0.2, 0.25) is 0 Å². The molecule has 0 aliphatic rings. The van der Waals surface area contributed by atoms with Crippen molar-refractivity contribution in [3.05, 3.63) is 20.2 Å². The van der Waals surface area contributed by atoms with Gasteiger partial charge in [-0.1, -0.05) is 0 Å². The summed E-state index contributed by atoms with van der Waals surface area (Å²) in [7, 11) is 0. The van der Waals surface area contributed by atoms with Crippen LogP contribution in [0, 0.1) is 20.2 Å². The number of rotatable bonds is 6. The maximum atomic E-state index is 10.6. The van der Waals surface area contributed by atoms with Crippen molar-refractivity contribution in [1.82, 2.24) is 10.6 Å². The first-order chi connectivity index (χ1) is 6.91. The number of carbonyl (C=O) groups excluding carboxylic acids is 2. The molecule has 0 aromatic carbocycles. The van der Waals surface area contributed by atoms with Crippen molar-refractivity contribution in [1.29, 1.82) is 0 Å². The maximum absolute atomic E-state index is 10.6. The van der Waals surface area contributed by atoms with Crippen LogP contribution in [0.2, 0.25) is 0 Å². The lowest BCUT2D eigenvalue weighted by Crippen LogP contribution is -2.41. The molecule has 0 atom stereocenters. The zero-order chi connectivity index (χ0) is 11.8. The highest BCUT2D eigenvalue weighted by Gasteiger charge is 2.11. The van der Waals surface area contributed by atoms with Crippen molar-refractivity contribution < 1.29 is 19.4 Å². The Balaban J connectivity index is 3.61. The highest BCUT2D eigenvalue weighted by Crippen LogP contribution is 1.71. The number of nitrogens with zero attached hydrogens (tertiary/aromatic N) is 2. The first-order valence-electron chi connectivity index (χ1n) is 3.69. The molecule has 15 heavy (non-hydrogen) atoms.